The summed E-state index contributed by atoms with van der Waals surface area (Å²) < 4.78 is 0. The van der Waals surface area contributed by atoms with Gasteiger partial charge in [-0.1, -0.05) is 30.7 Å². The van der Waals surface area contributed by atoms with Crippen LogP contribution in [0.5, 0.6) is 0 Å². The molecule has 2 N–H and O–H groups in total. The van der Waals surface area contributed by atoms with Crippen LogP contribution in [0.1, 0.15) is 26.2 Å². The van der Waals surface area contributed by atoms with Gasteiger partial charge in [0.15, 0.2) is 0 Å². The van der Waals surface area contributed by atoms with Crippen molar-refractivity contribution in [2.45, 2.75) is 26.2 Å². The number of nitrogens with two attached hydrogens (primary N) is 1. The van der Waals surface area contributed by atoms with E-state index in [2.05, 4.69) is 25.2 Å². The van der Waals surface area contributed by atoms with E-state index in [0.29, 0.717) is 0 Å². The van der Waals surface area contributed by atoms with Crippen molar-refractivity contribution in [3.05, 3.63) is 23.8 Å². The first-order valence-corrected chi connectivity index (χ1v) is 4.44. The van der Waals surface area contributed by atoms with E-state index in [1.807, 2.05) is 0 Å². The summed E-state index contributed by atoms with van der Waals surface area (Å²) in [7, 11) is 0. The van der Waals surface area contributed by atoms with Crippen LogP contribution in [0, 0.1) is 5.92 Å². The van der Waals surface area contributed by atoms with Crippen molar-refractivity contribution < 1.29 is 0 Å². The molecule has 1 heteroatoms. The molecule has 0 spiro atoms. The van der Waals surface area contributed by atoms with E-state index >= 15 is 0 Å². The lowest BCUT2D eigenvalue weighted by Gasteiger charge is -2.19. The van der Waals surface area contributed by atoms with E-state index in [-0.39, 0.29) is 0 Å². The molecule has 11 heavy (non-hydrogen) atoms. The molecular formula is C10H17N. The van der Waals surface area contributed by atoms with Crippen LogP contribution in [0.2, 0.25) is 0 Å². The lowest BCUT2D eigenvalue weighted by Crippen LogP contribution is -2.11. The Bertz CT molecular complexity index is 168. The molecule has 0 radical (unpaired) electrons. The Morgan fingerprint density at radius 3 is 3.09 bits per heavy atom. The van der Waals surface area contributed by atoms with Crippen LogP contribution in [0.15, 0.2) is 23.8 Å². The van der Waals surface area contributed by atoms with Crippen LogP contribution in [-0.4, -0.2) is 6.54 Å². The first-order valence-electron chi connectivity index (χ1n) is 4.44. The summed E-state index contributed by atoms with van der Waals surface area (Å²) in [4.78, 5) is 0. The Labute approximate surface area is 69.0 Å². The van der Waals surface area contributed by atoms with Gasteiger partial charge >= 0.3 is 0 Å². The SMILES string of the molecule is CCC1=CC=CCC1CCN. The van der Waals surface area contributed by atoms with Gasteiger partial charge in [0.1, 0.15) is 0 Å². The molecule has 1 rings (SSSR count). The largest absolute Gasteiger partial charge is 0.330 e. The van der Waals surface area contributed by atoms with Gasteiger partial charge in [0.05, 0.1) is 0 Å². The van der Waals surface area contributed by atoms with E-state index in [0.717, 1.165) is 18.9 Å². The average molecular weight is 151 g/mol. The van der Waals surface area contributed by atoms with Gasteiger partial charge in [0.2, 0.25) is 0 Å². The normalized spacial score (nSPS) is 23.5. The summed E-state index contributed by atoms with van der Waals surface area (Å²) >= 11 is 0. The molecule has 1 aliphatic carbocycles. The second-order valence-electron chi connectivity index (χ2n) is 3.03. The topological polar surface area (TPSA) is 26.0 Å². The molecule has 62 valence electrons. The standard InChI is InChI=1S/C10H17N/c1-2-9-5-3-4-6-10(9)7-8-11/h3-5,10H,2,6-8,11H2,1H3. The van der Waals surface area contributed by atoms with E-state index in [4.69, 9.17) is 5.73 Å². The van der Waals surface area contributed by atoms with Crippen LogP contribution in [0.25, 0.3) is 0 Å². The van der Waals surface area contributed by atoms with E-state index < -0.39 is 0 Å². The van der Waals surface area contributed by atoms with Crippen molar-refractivity contribution in [3.63, 3.8) is 0 Å². The molecule has 0 amide bonds. The molecule has 0 aromatic rings. The van der Waals surface area contributed by atoms with Crippen molar-refractivity contribution in [3.8, 4) is 0 Å². The fourth-order valence-electron chi connectivity index (χ4n) is 1.63. The summed E-state index contributed by atoms with van der Waals surface area (Å²) in [6.07, 6.45) is 10.1. The molecule has 0 heterocycles. The van der Waals surface area contributed by atoms with Crippen molar-refractivity contribution >= 4 is 0 Å². The molecule has 1 unspecified atom stereocenters. The molecule has 0 saturated heterocycles. The zero-order valence-corrected chi connectivity index (χ0v) is 7.22. The highest BCUT2D eigenvalue weighted by Crippen LogP contribution is 2.25. The van der Waals surface area contributed by atoms with E-state index in [1.165, 1.54) is 12.8 Å². The minimum atomic E-state index is 0.731. The van der Waals surface area contributed by atoms with Gasteiger partial charge in [-0.25, -0.2) is 0 Å². The lowest BCUT2D eigenvalue weighted by atomic mass is 9.87. The van der Waals surface area contributed by atoms with Crippen LogP contribution in [0.3, 0.4) is 0 Å². The second-order valence-corrected chi connectivity index (χ2v) is 3.03. The van der Waals surface area contributed by atoms with Crippen molar-refractivity contribution in [2.75, 3.05) is 6.54 Å². The fraction of sp³-hybridized carbons (Fsp3) is 0.600. The van der Waals surface area contributed by atoms with Crippen LogP contribution < -0.4 is 5.73 Å². The van der Waals surface area contributed by atoms with Gasteiger partial charge in [-0.05, 0) is 31.7 Å². The number of hydrogen-bond donors (Lipinski definition) is 1. The Hall–Kier alpha value is -0.560. The minimum Gasteiger partial charge on any atom is -0.330 e. The zero-order valence-electron chi connectivity index (χ0n) is 7.22. The first-order chi connectivity index (χ1) is 5.38. The molecule has 0 bridgehead atoms. The maximum Gasteiger partial charge on any atom is -0.00714 e. The smallest absolute Gasteiger partial charge is 0.00714 e. The van der Waals surface area contributed by atoms with Gasteiger partial charge < -0.3 is 5.73 Å². The Kier molecular flexibility index (Phi) is 3.37. The highest BCUT2D eigenvalue weighted by molar-refractivity contribution is 5.20. The van der Waals surface area contributed by atoms with Crippen LogP contribution >= 0.6 is 0 Å². The Morgan fingerprint density at radius 2 is 2.45 bits per heavy atom. The zero-order chi connectivity index (χ0) is 8.10. The van der Waals surface area contributed by atoms with Gasteiger partial charge in [-0.2, -0.15) is 0 Å². The van der Waals surface area contributed by atoms with Crippen LogP contribution in [0.4, 0.5) is 0 Å². The number of rotatable bonds is 3. The van der Waals surface area contributed by atoms with E-state index in [1.54, 1.807) is 5.57 Å². The van der Waals surface area contributed by atoms with Gasteiger partial charge in [0.25, 0.3) is 0 Å². The molecule has 0 aliphatic heterocycles. The molecule has 0 saturated carbocycles. The molecular weight excluding hydrogens is 134 g/mol. The summed E-state index contributed by atoms with van der Waals surface area (Å²) in [5.74, 6) is 0.731. The van der Waals surface area contributed by atoms with Gasteiger partial charge in [0, 0.05) is 0 Å². The molecule has 0 aromatic heterocycles. The third kappa shape index (κ3) is 2.19. The summed E-state index contributed by atoms with van der Waals surface area (Å²) in [5, 5.41) is 0. The number of allylic oxidation sites excluding steroid dienone is 4. The second kappa shape index (κ2) is 4.35. The highest BCUT2D eigenvalue weighted by Gasteiger charge is 2.11. The molecule has 1 atom stereocenters. The Morgan fingerprint density at radius 1 is 1.64 bits per heavy atom. The maximum atomic E-state index is 5.52. The van der Waals surface area contributed by atoms with Crippen molar-refractivity contribution in [1.29, 1.82) is 0 Å². The maximum absolute atomic E-state index is 5.52. The third-order valence-electron chi connectivity index (χ3n) is 2.31. The summed E-state index contributed by atoms with van der Waals surface area (Å²) in [6, 6.07) is 0. The molecule has 0 aromatic carbocycles. The molecule has 1 aliphatic rings. The third-order valence-corrected chi connectivity index (χ3v) is 2.31. The predicted molar refractivity (Wildman–Crippen MR) is 49.3 cm³/mol. The molecule has 1 nitrogen and oxygen atoms in total. The van der Waals surface area contributed by atoms with Crippen LogP contribution in [-0.2, 0) is 0 Å². The monoisotopic (exact) mass is 151 g/mol. The minimum absolute atomic E-state index is 0.731. The highest BCUT2D eigenvalue weighted by atomic mass is 14.5. The fourth-order valence-corrected chi connectivity index (χ4v) is 1.63. The first kappa shape index (κ1) is 8.54. The Balaban J connectivity index is 2.52. The quantitative estimate of drug-likeness (QED) is 0.657. The lowest BCUT2D eigenvalue weighted by molar-refractivity contribution is 0.555. The van der Waals surface area contributed by atoms with Gasteiger partial charge in [-0.3, -0.25) is 0 Å². The summed E-state index contributed by atoms with van der Waals surface area (Å²) in [5.41, 5.74) is 7.09. The average Bonchev–Trinajstić information content (AvgIpc) is 2.06. The molecule has 0 fully saturated rings. The van der Waals surface area contributed by atoms with Crippen molar-refractivity contribution in [1.82, 2.24) is 0 Å². The summed E-state index contributed by atoms with van der Waals surface area (Å²) in [6.45, 7) is 3.03. The van der Waals surface area contributed by atoms with E-state index in [9.17, 15) is 0 Å². The van der Waals surface area contributed by atoms with Crippen molar-refractivity contribution in [2.24, 2.45) is 11.7 Å². The predicted octanol–water partition coefficient (Wildman–Crippen LogP) is 2.25. The number of hydrogen-bond acceptors (Lipinski definition) is 1. The van der Waals surface area contributed by atoms with Gasteiger partial charge in [-0.15, -0.1) is 0 Å².